The lowest BCUT2D eigenvalue weighted by Crippen LogP contribution is -2.23. The zero-order valence-electron chi connectivity index (χ0n) is 8.95. The second kappa shape index (κ2) is 5.44. The first-order valence-corrected chi connectivity index (χ1v) is 5.74. The van der Waals surface area contributed by atoms with Crippen molar-refractivity contribution in [3.8, 4) is 0 Å². The second-order valence-corrected chi connectivity index (χ2v) is 4.95. The van der Waals surface area contributed by atoms with Crippen LogP contribution in [0.25, 0.3) is 0 Å². The molecule has 0 radical (unpaired) electrons. The van der Waals surface area contributed by atoms with E-state index in [4.69, 9.17) is 5.11 Å². The van der Waals surface area contributed by atoms with E-state index in [-0.39, 0.29) is 6.10 Å². The first kappa shape index (κ1) is 11.6. The molecule has 1 atom stereocenters. The summed E-state index contributed by atoms with van der Waals surface area (Å²) in [5.74, 6) is 0.505. The second-order valence-electron chi connectivity index (χ2n) is 3.80. The number of nitrogens with one attached hydrogen (secondary N) is 1. The Kier molecular flexibility index (Phi) is 4.51. The van der Waals surface area contributed by atoms with E-state index in [2.05, 4.69) is 24.1 Å². The van der Waals surface area contributed by atoms with Gasteiger partial charge in [0.2, 0.25) is 0 Å². The van der Waals surface area contributed by atoms with Gasteiger partial charge in [0, 0.05) is 30.1 Å². The molecule has 3 nitrogen and oxygen atoms in total. The number of hydrogen-bond acceptors (Lipinski definition) is 4. The number of rotatable bonds is 5. The lowest BCUT2D eigenvalue weighted by atomic mass is 10.2. The minimum absolute atomic E-state index is 0.285. The Bertz CT molecular complexity index is 271. The number of hydrogen-bond donors (Lipinski definition) is 2. The van der Waals surface area contributed by atoms with Crippen LogP contribution in [0.5, 0.6) is 0 Å². The first-order chi connectivity index (χ1) is 6.59. The fourth-order valence-electron chi connectivity index (χ4n) is 1.08. The molecule has 1 aromatic rings. The predicted octanol–water partition coefficient (Wildman–Crippen LogP) is 1.74. The molecule has 14 heavy (non-hydrogen) atoms. The fraction of sp³-hybridized carbons (Fsp3) is 0.700. The molecule has 0 saturated heterocycles. The molecule has 0 unspecified atom stereocenters. The Morgan fingerprint density at radius 2 is 2.21 bits per heavy atom. The van der Waals surface area contributed by atoms with Crippen molar-refractivity contribution in [2.45, 2.75) is 39.3 Å². The van der Waals surface area contributed by atoms with Gasteiger partial charge < -0.3 is 10.4 Å². The molecule has 0 bridgehead atoms. The van der Waals surface area contributed by atoms with Crippen LogP contribution in [-0.2, 0) is 6.54 Å². The van der Waals surface area contributed by atoms with Crippen molar-refractivity contribution in [3.63, 3.8) is 0 Å². The van der Waals surface area contributed by atoms with Gasteiger partial charge in [0.1, 0.15) is 0 Å². The minimum Gasteiger partial charge on any atom is -0.392 e. The average Bonchev–Trinajstić information content (AvgIpc) is 2.52. The van der Waals surface area contributed by atoms with Crippen LogP contribution in [0, 0.1) is 0 Å². The van der Waals surface area contributed by atoms with Gasteiger partial charge >= 0.3 is 0 Å². The van der Waals surface area contributed by atoms with Crippen molar-refractivity contribution in [1.29, 1.82) is 0 Å². The van der Waals surface area contributed by atoms with Crippen LogP contribution in [0.3, 0.4) is 0 Å². The van der Waals surface area contributed by atoms with E-state index in [1.807, 2.05) is 6.20 Å². The molecule has 2 N–H and O–H groups in total. The quantitative estimate of drug-likeness (QED) is 0.784. The summed E-state index contributed by atoms with van der Waals surface area (Å²) in [4.78, 5) is 5.56. The zero-order chi connectivity index (χ0) is 10.6. The Hall–Kier alpha value is -0.450. The normalized spacial score (nSPS) is 13.5. The average molecular weight is 214 g/mol. The monoisotopic (exact) mass is 214 g/mol. The highest BCUT2D eigenvalue weighted by molar-refractivity contribution is 7.11. The van der Waals surface area contributed by atoms with Crippen LogP contribution in [-0.4, -0.2) is 22.7 Å². The lowest BCUT2D eigenvalue weighted by molar-refractivity contribution is 0.191. The number of thiazole rings is 1. The first-order valence-electron chi connectivity index (χ1n) is 4.93. The zero-order valence-corrected chi connectivity index (χ0v) is 9.77. The molecule has 0 aromatic carbocycles. The molecule has 0 aliphatic heterocycles. The summed E-state index contributed by atoms with van der Waals surface area (Å²) in [5.41, 5.74) is 0. The molecule has 80 valence electrons. The summed E-state index contributed by atoms with van der Waals surface area (Å²) in [6, 6.07) is 0. The summed E-state index contributed by atoms with van der Waals surface area (Å²) in [6.45, 7) is 7.50. The fourth-order valence-corrected chi connectivity index (χ4v) is 1.96. The van der Waals surface area contributed by atoms with Gasteiger partial charge in [0.25, 0.3) is 0 Å². The molecular weight excluding hydrogens is 196 g/mol. The van der Waals surface area contributed by atoms with Gasteiger partial charge in [-0.2, -0.15) is 0 Å². The maximum Gasteiger partial charge on any atom is 0.0953 e. The van der Waals surface area contributed by atoms with Crippen LogP contribution < -0.4 is 5.32 Å². The SMILES string of the molecule is CC(C)c1ncc(CNC[C@@H](C)O)s1. The van der Waals surface area contributed by atoms with Crippen molar-refractivity contribution >= 4 is 11.3 Å². The van der Waals surface area contributed by atoms with Crippen molar-refractivity contribution < 1.29 is 5.11 Å². The minimum atomic E-state index is -0.285. The summed E-state index contributed by atoms with van der Waals surface area (Å²) in [7, 11) is 0. The number of aliphatic hydroxyl groups excluding tert-OH is 1. The lowest BCUT2D eigenvalue weighted by Gasteiger charge is -2.04. The molecular formula is C10H18N2OS. The third kappa shape index (κ3) is 3.74. The van der Waals surface area contributed by atoms with E-state index < -0.39 is 0 Å². The Labute approximate surface area is 89.2 Å². The third-order valence-corrected chi connectivity index (χ3v) is 3.10. The van der Waals surface area contributed by atoms with E-state index >= 15 is 0 Å². The molecule has 0 spiro atoms. The van der Waals surface area contributed by atoms with Crippen LogP contribution in [0.4, 0.5) is 0 Å². The highest BCUT2D eigenvalue weighted by Gasteiger charge is 2.05. The van der Waals surface area contributed by atoms with Gasteiger partial charge in [-0.25, -0.2) is 4.98 Å². The molecule has 0 amide bonds. The van der Waals surface area contributed by atoms with Crippen LogP contribution in [0.2, 0.25) is 0 Å². The summed E-state index contributed by atoms with van der Waals surface area (Å²) in [5, 5.41) is 13.4. The van der Waals surface area contributed by atoms with E-state index in [9.17, 15) is 0 Å². The molecule has 1 rings (SSSR count). The largest absolute Gasteiger partial charge is 0.392 e. The number of aromatic nitrogens is 1. The van der Waals surface area contributed by atoms with Gasteiger partial charge in [0.15, 0.2) is 0 Å². The van der Waals surface area contributed by atoms with Crippen molar-refractivity contribution in [2.24, 2.45) is 0 Å². The smallest absolute Gasteiger partial charge is 0.0953 e. The molecule has 0 fully saturated rings. The topological polar surface area (TPSA) is 45.2 Å². The molecule has 0 aliphatic rings. The Balaban J connectivity index is 2.36. The van der Waals surface area contributed by atoms with E-state index in [0.717, 1.165) is 6.54 Å². The van der Waals surface area contributed by atoms with Gasteiger partial charge in [0.05, 0.1) is 11.1 Å². The predicted molar refractivity (Wildman–Crippen MR) is 59.6 cm³/mol. The third-order valence-electron chi connectivity index (χ3n) is 1.80. The number of aliphatic hydroxyl groups is 1. The molecule has 4 heteroatoms. The maximum absolute atomic E-state index is 9.05. The highest BCUT2D eigenvalue weighted by atomic mass is 32.1. The van der Waals surface area contributed by atoms with Crippen LogP contribution >= 0.6 is 11.3 Å². The summed E-state index contributed by atoms with van der Waals surface area (Å²) < 4.78 is 0. The van der Waals surface area contributed by atoms with E-state index in [1.165, 1.54) is 9.88 Å². The van der Waals surface area contributed by atoms with Crippen LogP contribution in [0.1, 0.15) is 36.6 Å². The van der Waals surface area contributed by atoms with Crippen molar-refractivity contribution in [2.75, 3.05) is 6.54 Å². The maximum atomic E-state index is 9.05. The molecule has 1 aromatic heterocycles. The highest BCUT2D eigenvalue weighted by Crippen LogP contribution is 2.20. The summed E-state index contributed by atoms with van der Waals surface area (Å²) in [6.07, 6.45) is 1.63. The van der Waals surface area contributed by atoms with Crippen molar-refractivity contribution in [3.05, 3.63) is 16.1 Å². The Morgan fingerprint density at radius 3 is 2.71 bits per heavy atom. The Morgan fingerprint density at radius 1 is 1.50 bits per heavy atom. The number of nitrogens with zero attached hydrogens (tertiary/aromatic N) is 1. The van der Waals surface area contributed by atoms with Gasteiger partial charge in [-0.3, -0.25) is 0 Å². The standard InChI is InChI=1S/C10H18N2OS/c1-7(2)10-12-6-9(14-10)5-11-4-8(3)13/h6-8,11,13H,4-5H2,1-3H3/t8-/m1/s1. The van der Waals surface area contributed by atoms with Gasteiger partial charge in [-0.1, -0.05) is 13.8 Å². The van der Waals surface area contributed by atoms with Crippen molar-refractivity contribution in [1.82, 2.24) is 10.3 Å². The van der Waals surface area contributed by atoms with E-state index in [0.29, 0.717) is 12.5 Å². The molecule has 0 aliphatic carbocycles. The van der Waals surface area contributed by atoms with Crippen LogP contribution in [0.15, 0.2) is 6.20 Å². The van der Waals surface area contributed by atoms with Gasteiger partial charge in [-0.15, -0.1) is 11.3 Å². The van der Waals surface area contributed by atoms with E-state index in [1.54, 1.807) is 18.3 Å². The van der Waals surface area contributed by atoms with Gasteiger partial charge in [-0.05, 0) is 6.92 Å². The molecule has 1 heterocycles. The summed E-state index contributed by atoms with van der Waals surface area (Å²) >= 11 is 1.74. The molecule has 0 saturated carbocycles.